The van der Waals surface area contributed by atoms with E-state index in [4.69, 9.17) is 16.0 Å². The normalized spacial score (nSPS) is 12.3. The van der Waals surface area contributed by atoms with Crippen LogP contribution in [0.3, 0.4) is 0 Å². The van der Waals surface area contributed by atoms with E-state index in [2.05, 4.69) is 18.3 Å². The van der Waals surface area contributed by atoms with Crippen LogP contribution in [0.4, 0.5) is 11.4 Å². The Morgan fingerprint density at radius 2 is 1.95 bits per heavy atom. The van der Waals surface area contributed by atoms with Gasteiger partial charge in [-0.25, -0.2) is 0 Å². The average molecular weight is 293 g/mol. The Hall–Kier alpha value is -1.61. The Morgan fingerprint density at radius 3 is 2.50 bits per heavy atom. The fourth-order valence-corrected chi connectivity index (χ4v) is 2.82. The summed E-state index contributed by atoms with van der Waals surface area (Å²) < 4.78 is 5.60. The van der Waals surface area contributed by atoms with Gasteiger partial charge >= 0.3 is 0 Å². The molecule has 20 heavy (non-hydrogen) atoms. The van der Waals surface area contributed by atoms with Gasteiger partial charge in [0, 0.05) is 19.7 Å². The maximum atomic E-state index is 6.29. The zero-order valence-corrected chi connectivity index (χ0v) is 13.4. The molecule has 0 saturated heterocycles. The van der Waals surface area contributed by atoms with Crippen LogP contribution < -0.4 is 10.2 Å². The molecule has 2 aromatic rings. The van der Waals surface area contributed by atoms with Gasteiger partial charge in [-0.3, -0.25) is 0 Å². The van der Waals surface area contributed by atoms with Crippen LogP contribution in [-0.4, -0.2) is 14.1 Å². The lowest BCUT2D eigenvalue weighted by Crippen LogP contribution is -2.14. The first-order chi connectivity index (χ1) is 9.40. The highest BCUT2D eigenvalue weighted by atomic mass is 35.5. The number of hydrogen-bond acceptors (Lipinski definition) is 3. The molecule has 0 spiro atoms. The van der Waals surface area contributed by atoms with Crippen molar-refractivity contribution in [3.63, 3.8) is 0 Å². The molecular formula is C16H21ClN2O. The van der Waals surface area contributed by atoms with Gasteiger partial charge in [0.2, 0.25) is 0 Å². The second kappa shape index (κ2) is 5.80. The topological polar surface area (TPSA) is 28.4 Å². The summed E-state index contributed by atoms with van der Waals surface area (Å²) in [5, 5.41) is 4.26. The predicted molar refractivity (Wildman–Crippen MR) is 86.0 cm³/mol. The third-order valence-electron chi connectivity index (χ3n) is 3.35. The fourth-order valence-electron chi connectivity index (χ4n) is 2.48. The standard InChI is InChI=1S/C16H21ClN2O/c1-10-9-13(12(3)20-10)11(2)18-15-8-6-7-14(17)16(15)19(4)5/h6-9,11,18H,1-5H3. The van der Waals surface area contributed by atoms with E-state index in [1.165, 1.54) is 5.56 Å². The first-order valence-electron chi connectivity index (χ1n) is 6.69. The lowest BCUT2D eigenvalue weighted by atomic mass is 10.1. The molecule has 0 amide bonds. The molecule has 1 aromatic carbocycles. The van der Waals surface area contributed by atoms with Crippen LogP contribution in [0.2, 0.25) is 5.02 Å². The van der Waals surface area contributed by atoms with Gasteiger partial charge in [-0.05, 0) is 39.0 Å². The highest BCUT2D eigenvalue weighted by Gasteiger charge is 2.15. The molecule has 0 bridgehead atoms. The van der Waals surface area contributed by atoms with Gasteiger partial charge in [-0.15, -0.1) is 0 Å². The smallest absolute Gasteiger partial charge is 0.106 e. The maximum Gasteiger partial charge on any atom is 0.106 e. The summed E-state index contributed by atoms with van der Waals surface area (Å²) in [5.41, 5.74) is 3.19. The van der Waals surface area contributed by atoms with E-state index in [1.807, 2.05) is 51.0 Å². The molecule has 0 aliphatic carbocycles. The molecule has 3 nitrogen and oxygen atoms in total. The summed E-state index contributed by atoms with van der Waals surface area (Å²) in [6.45, 7) is 6.08. The van der Waals surface area contributed by atoms with Crippen LogP contribution in [0.1, 0.15) is 30.0 Å². The van der Waals surface area contributed by atoms with Crippen molar-refractivity contribution in [2.24, 2.45) is 0 Å². The van der Waals surface area contributed by atoms with Crippen LogP contribution in [0.5, 0.6) is 0 Å². The van der Waals surface area contributed by atoms with E-state index >= 15 is 0 Å². The average Bonchev–Trinajstić information content (AvgIpc) is 2.68. The second-order valence-electron chi connectivity index (χ2n) is 5.27. The van der Waals surface area contributed by atoms with Gasteiger partial charge in [-0.1, -0.05) is 17.7 Å². The molecule has 1 unspecified atom stereocenters. The molecule has 0 saturated carbocycles. The van der Waals surface area contributed by atoms with E-state index in [-0.39, 0.29) is 6.04 Å². The SMILES string of the molecule is Cc1cc(C(C)Nc2cccc(Cl)c2N(C)C)c(C)o1. The van der Waals surface area contributed by atoms with E-state index in [9.17, 15) is 0 Å². The van der Waals surface area contributed by atoms with Crippen LogP contribution >= 0.6 is 11.6 Å². The van der Waals surface area contributed by atoms with E-state index in [1.54, 1.807) is 0 Å². The Morgan fingerprint density at radius 1 is 1.25 bits per heavy atom. The predicted octanol–water partition coefficient (Wildman–Crippen LogP) is 4.79. The minimum absolute atomic E-state index is 0.157. The molecular weight excluding hydrogens is 272 g/mol. The summed E-state index contributed by atoms with van der Waals surface area (Å²) in [4.78, 5) is 2.02. The third kappa shape index (κ3) is 2.93. The van der Waals surface area contributed by atoms with Gasteiger partial charge in [0.05, 0.1) is 22.4 Å². The Kier molecular flexibility index (Phi) is 4.29. The van der Waals surface area contributed by atoms with E-state index < -0.39 is 0 Å². The summed E-state index contributed by atoms with van der Waals surface area (Å²) in [6, 6.07) is 8.13. The summed E-state index contributed by atoms with van der Waals surface area (Å²) >= 11 is 6.29. The quantitative estimate of drug-likeness (QED) is 0.878. The third-order valence-corrected chi connectivity index (χ3v) is 3.66. The zero-order valence-electron chi connectivity index (χ0n) is 12.6. The number of nitrogens with zero attached hydrogens (tertiary/aromatic N) is 1. The highest BCUT2D eigenvalue weighted by Crippen LogP contribution is 2.35. The number of nitrogens with one attached hydrogen (secondary N) is 1. The molecule has 1 heterocycles. The molecule has 108 valence electrons. The molecule has 1 N–H and O–H groups in total. The van der Waals surface area contributed by atoms with Gasteiger partial charge in [0.15, 0.2) is 0 Å². The molecule has 0 radical (unpaired) electrons. The summed E-state index contributed by atoms with van der Waals surface area (Å²) in [7, 11) is 3.98. The number of aryl methyl sites for hydroxylation is 2. The van der Waals surface area contributed by atoms with Gasteiger partial charge in [0.1, 0.15) is 11.5 Å². The monoisotopic (exact) mass is 292 g/mol. The van der Waals surface area contributed by atoms with Crippen LogP contribution in [0.15, 0.2) is 28.7 Å². The van der Waals surface area contributed by atoms with Crippen LogP contribution in [0.25, 0.3) is 0 Å². The number of anilines is 2. The number of benzene rings is 1. The molecule has 2 rings (SSSR count). The molecule has 4 heteroatoms. The number of rotatable bonds is 4. The number of furan rings is 1. The van der Waals surface area contributed by atoms with E-state index in [0.717, 1.165) is 27.9 Å². The minimum Gasteiger partial charge on any atom is -0.466 e. The van der Waals surface area contributed by atoms with Crippen molar-refractivity contribution in [2.45, 2.75) is 26.8 Å². The van der Waals surface area contributed by atoms with Gasteiger partial charge in [-0.2, -0.15) is 0 Å². The fraction of sp³-hybridized carbons (Fsp3) is 0.375. The molecule has 0 aliphatic heterocycles. The molecule has 1 atom stereocenters. The van der Waals surface area contributed by atoms with E-state index in [0.29, 0.717) is 0 Å². The van der Waals surface area contributed by atoms with Gasteiger partial charge in [0.25, 0.3) is 0 Å². The summed E-state index contributed by atoms with van der Waals surface area (Å²) in [6.07, 6.45) is 0. The molecule has 0 fully saturated rings. The second-order valence-corrected chi connectivity index (χ2v) is 5.67. The maximum absolute atomic E-state index is 6.29. The van der Waals surface area contributed by atoms with Crippen molar-refractivity contribution in [2.75, 3.05) is 24.3 Å². The lowest BCUT2D eigenvalue weighted by Gasteiger charge is -2.23. The Balaban J connectivity index is 2.30. The van der Waals surface area contributed by atoms with Crippen molar-refractivity contribution >= 4 is 23.0 Å². The van der Waals surface area contributed by atoms with Crippen LogP contribution in [0, 0.1) is 13.8 Å². The number of para-hydroxylation sites is 1. The number of hydrogen-bond donors (Lipinski definition) is 1. The van der Waals surface area contributed by atoms with Crippen molar-refractivity contribution in [3.8, 4) is 0 Å². The highest BCUT2D eigenvalue weighted by molar-refractivity contribution is 6.34. The largest absolute Gasteiger partial charge is 0.466 e. The Bertz CT molecular complexity index is 605. The van der Waals surface area contributed by atoms with Crippen molar-refractivity contribution in [1.29, 1.82) is 0 Å². The van der Waals surface area contributed by atoms with Crippen molar-refractivity contribution < 1.29 is 4.42 Å². The Labute approximate surface area is 125 Å². The molecule has 0 aliphatic rings. The minimum atomic E-state index is 0.157. The van der Waals surface area contributed by atoms with Crippen molar-refractivity contribution in [1.82, 2.24) is 0 Å². The first-order valence-corrected chi connectivity index (χ1v) is 7.07. The first kappa shape index (κ1) is 14.8. The van der Waals surface area contributed by atoms with Crippen LogP contribution in [-0.2, 0) is 0 Å². The zero-order chi connectivity index (χ0) is 14.9. The molecule has 1 aromatic heterocycles. The van der Waals surface area contributed by atoms with Crippen molar-refractivity contribution in [3.05, 3.63) is 46.4 Å². The van der Waals surface area contributed by atoms with Gasteiger partial charge < -0.3 is 14.6 Å². The number of halogens is 1. The summed E-state index contributed by atoms with van der Waals surface area (Å²) in [5.74, 6) is 1.89. The lowest BCUT2D eigenvalue weighted by molar-refractivity contribution is 0.500.